The third-order valence-electron chi connectivity index (χ3n) is 7.56. The molecule has 39 heavy (non-hydrogen) atoms. The van der Waals surface area contributed by atoms with Crippen molar-refractivity contribution in [1.29, 1.82) is 0 Å². The lowest BCUT2D eigenvalue weighted by Crippen LogP contribution is -2.45. The zero-order valence-corrected chi connectivity index (χ0v) is 20.8. The number of halogens is 3. The van der Waals surface area contributed by atoms with Gasteiger partial charge in [-0.2, -0.15) is 23.4 Å². The molecule has 0 saturated heterocycles. The second-order valence-electron chi connectivity index (χ2n) is 9.82. The average molecular weight is 531 g/mol. The summed E-state index contributed by atoms with van der Waals surface area (Å²) in [6.45, 7) is -1.09. The molecule has 0 amide bonds. The Kier molecular flexibility index (Phi) is 6.01. The second-order valence-corrected chi connectivity index (χ2v) is 9.82. The molecule has 1 aliphatic carbocycles. The molecule has 1 atom stereocenters. The van der Waals surface area contributed by atoms with Crippen LogP contribution in [0.1, 0.15) is 50.8 Å². The van der Waals surface area contributed by atoms with Gasteiger partial charge in [-0.3, -0.25) is 9.69 Å². The summed E-state index contributed by atoms with van der Waals surface area (Å²) in [6, 6.07) is 29.8. The molecular formula is C30H25F3N4O2. The molecule has 3 aromatic carbocycles. The Morgan fingerprint density at radius 2 is 1.36 bits per heavy atom. The highest BCUT2D eigenvalue weighted by Crippen LogP contribution is 2.47. The van der Waals surface area contributed by atoms with Crippen LogP contribution in [0.3, 0.4) is 0 Å². The number of carbonyl (C=O) groups is 1. The summed E-state index contributed by atoms with van der Waals surface area (Å²) >= 11 is 0. The lowest BCUT2D eigenvalue weighted by atomic mass is 9.76. The quantitative estimate of drug-likeness (QED) is 0.318. The van der Waals surface area contributed by atoms with Gasteiger partial charge in [0.15, 0.2) is 5.69 Å². The van der Waals surface area contributed by atoms with Gasteiger partial charge in [-0.05, 0) is 29.5 Å². The fraction of sp³-hybridized carbons (Fsp3) is 0.233. The molecule has 9 heteroatoms. The van der Waals surface area contributed by atoms with E-state index < -0.39 is 30.1 Å². The van der Waals surface area contributed by atoms with E-state index in [2.05, 4.69) is 5.10 Å². The number of hydrazone groups is 1. The summed E-state index contributed by atoms with van der Waals surface area (Å²) < 4.78 is 41.5. The zero-order chi connectivity index (χ0) is 27.2. The van der Waals surface area contributed by atoms with Crippen molar-refractivity contribution in [2.45, 2.75) is 37.0 Å². The number of aromatic carboxylic acids is 1. The lowest BCUT2D eigenvalue weighted by Gasteiger charge is -2.42. The Hall–Kier alpha value is -4.40. The number of benzene rings is 3. The summed E-state index contributed by atoms with van der Waals surface area (Å²) in [5.41, 5.74) is 3.07. The van der Waals surface area contributed by atoms with Crippen LogP contribution < -0.4 is 0 Å². The Morgan fingerprint density at radius 3 is 1.82 bits per heavy atom. The molecule has 4 aromatic rings. The number of nitrogens with zero attached hydrogens (tertiary/aromatic N) is 4. The Labute approximate surface area is 223 Å². The maximum absolute atomic E-state index is 13.5. The van der Waals surface area contributed by atoms with E-state index >= 15 is 0 Å². The first-order valence-corrected chi connectivity index (χ1v) is 12.7. The summed E-state index contributed by atoms with van der Waals surface area (Å²) in [5, 5.41) is 20.7. The van der Waals surface area contributed by atoms with Crippen LogP contribution in [0.2, 0.25) is 0 Å². The molecule has 2 heterocycles. The molecule has 0 radical (unpaired) electrons. The standard InChI is InChI=1S/C30H25F3N4O2/c31-29(32,33)19-36-27-23(26(35-36)28(38)39)16-17-25-24(27)18-37(34-25)30(20-10-4-1-5-11-20,21-12-6-2-7-13-21)22-14-8-3-9-15-22/h1-15,24H,16-19H2,(H,38,39). The van der Waals surface area contributed by atoms with Crippen molar-refractivity contribution in [2.75, 3.05) is 6.54 Å². The minimum Gasteiger partial charge on any atom is -0.476 e. The van der Waals surface area contributed by atoms with E-state index in [1.54, 1.807) is 0 Å². The van der Waals surface area contributed by atoms with Gasteiger partial charge < -0.3 is 5.11 Å². The van der Waals surface area contributed by atoms with E-state index in [1.807, 2.05) is 96.0 Å². The van der Waals surface area contributed by atoms with Crippen LogP contribution in [0.15, 0.2) is 96.1 Å². The fourth-order valence-corrected chi connectivity index (χ4v) is 6.07. The molecule has 0 saturated carbocycles. The van der Waals surface area contributed by atoms with Gasteiger partial charge in [0.2, 0.25) is 0 Å². The Morgan fingerprint density at radius 1 is 0.846 bits per heavy atom. The van der Waals surface area contributed by atoms with Gasteiger partial charge in [-0.25, -0.2) is 4.79 Å². The number of carboxylic acids is 1. The number of hydrogen-bond donors (Lipinski definition) is 1. The van der Waals surface area contributed by atoms with Crippen LogP contribution in [-0.2, 0) is 18.5 Å². The van der Waals surface area contributed by atoms with E-state index in [4.69, 9.17) is 5.10 Å². The number of rotatable bonds is 6. The Balaban J connectivity index is 1.55. The molecule has 6 rings (SSSR count). The van der Waals surface area contributed by atoms with Gasteiger partial charge in [-0.15, -0.1) is 0 Å². The van der Waals surface area contributed by atoms with E-state index in [0.717, 1.165) is 27.1 Å². The van der Waals surface area contributed by atoms with Gasteiger partial charge in [0, 0.05) is 11.3 Å². The van der Waals surface area contributed by atoms with E-state index in [9.17, 15) is 23.1 Å². The lowest BCUT2D eigenvalue weighted by molar-refractivity contribution is -0.143. The second kappa shape index (κ2) is 9.41. The van der Waals surface area contributed by atoms with Crippen molar-refractivity contribution >= 4 is 11.7 Å². The highest BCUT2D eigenvalue weighted by atomic mass is 19.4. The summed E-state index contributed by atoms with van der Waals surface area (Å²) in [4.78, 5) is 11.9. The smallest absolute Gasteiger partial charge is 0.408 e. The average Bonchev–Trinajstić information content (AvgIpc) is 3.52. The van der Waals surface area contributed by atoms with Crippen molar-refractivity contribution in [3.63, 3.8) is 0 Å². The molecule has 1 aromatic heterocycles. The van der Waals surface area contributed by atoms with Crippen LogP contribution in [0.4, 0.5) is 13.2 Å². The first-order valence-electron chi connectivity index (χ1n) is 12.7. The third-order valence-corrected chi connectivity index (χ3v) is 7.56. The van der Waals surface area contributed by atoms with Gasteiger partial charge in [0.1, 0.15) is 12.1 Å². The van der Waals surface area contributed by atoms with Gasteiger partial charge in [-0.1, -0.05) is 91.0 Å². The first-order chi connectivity index (χ1) is 18.8. The molecule has 2 aliphatic rings. The molecule has 0 spiro atoms. The fourth-order valence-electron chi connectivity index (χ4n) is 6.07. The van der Waals surface area contributed by atoms with Crippen LogP contribution in [0, 0.1) is 0 Å². The topological polar surface area (TPSA) is 70.7 Å². The molecule has 1 aliphatic heterocycles. The highest BCUT2D eigenvalue weighted by molar-refractivity contribution is 5.96. The molecule has 1 N–H and O–H groups in total. The summed E-state index contributed by atoms with van der Waals surface area (Å²) in [7, 11) is 0. The van der Waals surface area contributed by atoms with E-state index in [1.165, 1.54) is 0 Å². The van der Waals surface area contributed by atoms with Crippen LogP contribution in [0.5, 0.6) is 0 Å². The van der Waals surface area contributed by atoms with Crippen molar-refractivity contribution in [3.8, 4) is 0 Å². The number of hydrogen-bond acceptors (Lipinski definition) is 4. The maximum atomic E-state index is 13.5. The summed E-state index contributed by atoms with van der Waals surface area (Å²) in [5.74, 6) is -1.85. The van der Waals surface area contributed by atoms with Gasteiger partial charge >= 0.3 is 12.1 Å². The van der Waals surface area contributed by atoms with Crippen LogP contribution in [-0.4, -0.2) is 44.3 Å². The predicted molar refractivity (Wildman–Crippen MR) is 140 cm³/mol. The predicted octanol–water partition coefficient (Wildman–Crippen LogP) is 5.84. The number of alkyl halides is 3. The van der Waals surface area contributed by atoms with Crippen molar-refractivity contribution in [3.05, 3.63) is 125 Å². The first kappa shape index (κ1) is 24.9. The van der Waals surface area contributed by atoms with Gasteiger partial charge in [0.25, 0.3) is 0 Å². The minimum atomic E-state index is -4.55. The molecule has 0 fully saturated rings. The Bertz CT molecular complexity index is 1440. The normalized spacial score (nSPS) is 16.9. The molecular weight excluding hydrogens is 505 g/mol. The molecule has 198 valence electrons. The van der Waals surface area contributed by atoms with Crippen molar-refractivity contribution < 1.29 is 23.1 Å². The zero-order valence-electron chi connectivity index (χ0n) is 20.8. The van der Waals surface area contributed by atoms with E-state index in [-0.39, 0.29) is 18.7 Å². The molecule has 1 unspecified atom stereocenters. The molecule has 6 nitrogen and oxygen atoms in total. The van der Waals surface area contributed by atoms with Crippen LogP contribution in [0.25, 0.3) is 0 Å². The summed E-state index contributed by atoms with van der Waals surface area (Å²) in [6.07, 6.45) is -3.84. The third kappa shape index (κ3) is 4.18. The van der Waals surface area contributed by atoms with Crippen LogP contribution >= 0.6 is 0 Å². The number of aromatic nitrogens is 2. The maximum Gasteiger partial charge on any atom is 0.408 e. The van der Waals surface area contributed by atoms with Crippen molar-refractivity contribution in [1.82, 2.24) is 14.8 Å². The number of fused-ring (bicyclic) bond motifs is 3. The highest BCUT2D eigenvalue weighted by Gasteiger charge is 2.49. The minimum absolute atomic E-state index is 0.267. The van der Waals surface area contributed by atoms with Crippen molar-refractivity contribution in [2.24, 2.45) is 5.10 Å². The van der Waals surface area contributed by atoms with Gasteiger partial charge in [0.05, 0.1) is 18.2 Å². The van der Waals surface area contributed by atoms with E-state index in [0.29, 0.717) is 17.7 Å². The largest absolute Gasteiger partial charge is 0.476 e. The molecule has 0 bridgehead atoms. The SMILES string of the molecule is O=C(O)c1nn(CC(F)(F)F)c2c1CCC1=NN(C(c3ccccc3)(c3ccccc3)c3ccccc3)CC12. The monoisotopic (exact) mass is 530 g/mol. The number of carboxylic acid groups (broad SMARTS) is 1.